The molecule has 0 radical (unpaired) electrons. The fraction of sp³-hybridized carbons (Fsp3) is 0.190. The van der Waals surface area contributed by atoms with E-state index >= 15 is 0 Å². The van der Waals surface area contributed by atoms with Gasteiger partial charge in [-0.25, -0.2) is 4.79 Å². The van der Waals surface area contributed by atoms with Gasteiger partial charge in [0.2, 0.25) is 0 Å². The molecule has 3 aromatic rings. The number of carbonyl (C=O) groups is 3. The topological polar surface area (TPSA) is 110 Å². The molecule has 2 amide bonds. The van der Waals surface area contributed by atoms with Crippen LogP contribution in [0.2, 0.25) is 0 Å². The van der Waals surface area contributed by atoms with Crippen LogP contribution in [0.15, 0.2) is 54.9 Å². The number of rotatable bonds is 6. The zero-order valence-electron chi connectivity index (χ0n) is 15.4. The highest BCUT2D eigenvalue weighted by Crippen LogP contribution is 2.21. The number of hydrogen-bond acceptors (Lipinski definition) is 6. The zero-order chi connectivity index (χ0) is 20.2. The molecule has 146 valence electrons. The van der Waals surface area contributed by atoms with Crippen molar-refractivity contribution in [3.8, 4) is 0 Å². The predicted molar refractivity (Wildman–Crippen MR) is 105 cm³/mol. The summed E-state index contributed by atoms with van der Waals surface area (Å²) in [5, 5.41) is 5.51. The predicted octanol–water partition coefficient (Wildman–Crippen LogP) is 2.32. The number of nitrogens with one attached hydrogen (secondary N) is 2. The third kappa shape index (κ3) is 4.55. The van der Waals surface area contributed by atoms with Crippen LogP contribution in [0.4, 0.5) is 5.69 Å². The number of hydrogen-bond donors (Lipinski definition) is 2. The summed E-state index contributed by atoms with van der Waals surface area (Å²) in [4.78, 5) is 45.0. The first-order valence-corrected chi connectivity index (χ1v) is 9.18. The highest BCUT2D eigenvalue weighted by molar-refractivity contribution is 6.04. The molecule has 1 heterocycles. The maximum atomic E-state index is 12.3. The lowest BCUT2D eigenvalue weighted by Gasteiger charge is -2.11. The van der Waals surface area contributed by atoms with Gasteiger partial charge in [-0.2, -0.15) is 0 Å². The van der Waals surface area contributed by atoms with E-state index in [0.717, 1.165) is 12.8 Å². The highest BCUT2D eigenvalue weighted by Gasteiger charge is 2.25. The van der Waals surface area contributed by atoms with Crippen molar-refractivity contribution in [3.63, 3.8) is 0 Å². The number of amides is 2. The van der Waals surface area contributed by atoms with E-state index < -0.39 is 18.5 Å². The molecule has 29 heavy (non-hydrogen) atoms. The molecule has 0 saturated heterocycles. The van der Waals surface area contributed by atoms with Crippen molar-refractivity contribution in [3.05, 3.63) is 66.0 Å². The third-order valence-electron chi connectivity index (χ3n) is 4.40. The Morgan fingerprint density at radius 3 is 2.55 bits per heavy atom. The monoisotopic (exact) mass is 390 g/mol. The second-order valence-corrected chi connectivity index (χ2v) is 6.68. The molecule has 1 aliphatic carbocycles. The second kappa shape index (κ2) is 8.05. The van der Waals surface area contributed by atoms with E-state index in [0.29, 0.717) is 22.3 Å². The van der Waals surface area contributed by atoms with Crippen LogP contribution in [0, 0.1) is 0 Å². The van der Waals surface area contributed by atoms with Crippen LogP contribution in [0.5, 0.6) is 0 Å². The summed E-state index contributed by atoms with van der Waals surface area (Å²) < 4.78 is 5.09. The van der Waals surface area contributed by atoms with Crippen molar-refractivity contribution >= 4 is 34.5 Å². The summed E-state index contributed by atoms with van der Waals surface area (Å²) in [6.07, 6.45) is 5.03. The molecule has 2 N–H and O–H groups in total. The van der Waals surface area contributed by atoms with E-state index in [1.807, 2.05) is 0 Å². The molecule has 1 fully saturated rings. The molecule has 0 unspecified atom stereocenters. The van der Waals surface area contributed by atoms with Gasteiger partial charge < -0.3 is 15.4 Å². The molecule has 1 aromatic heterocycles. The van der Waals surface area contributed by atoms with Gasteiger partial charge >= 0.3 is 5.97 Å². The third-order valence-corrected chi connectivity index (χ3v) is 4.40. The molecule has 2 aromatic carbocycles. The Bertz CT molecular complexity index is 1090. The van der Waals surface area contributed by atoms with Gasteiger partial charge in [0.25, 0.3) is 11.8 Å². The van der Waals surface area contributed by atoms with Gasteiger partial charge in [0, 0.05) is 18.4 Å². The molecule has 8 nitrogen and oxygen atoms in total. The smallest absolute Gasteiger partial charge is 0.338 e. The summed E-state index contributed by atoms with van der Waals surface area (Å²) in [6, 6.07) is 11.7. The number of para-hydroxylation sites is 1. The van der Waals surface area contributed by atoms with Crippen molar-refractivity contribution in [1.82, 2.24) is 15.3 Å². The molecule has 1 saturated carbocycles. The van der Waals surface area contributed by atoms with Crippen molar-refractivity contribution in [2.75, 3.05) is 11.9 Å². The lowest BCUT2D eigenvalue weighted by molar-refractivity contribution is -0.119. The first kappa shape index (κ1) is 18.5. The Balaban J connectivity index is 1.37. The van der Waals surface area contributed by atoms with Gasteiger partial charge in [-0.05, 0) is 43.2 Å². The first-order chi connectivity index (χ1) is 14.1. The minimum absolute atomic E-state index is 0.207. The summed E-state index contributed by atoms with van der Waals surface area (Å²) in [5.41, 5.74) is 2.22. The maximum absolute atomic E-state index is 12.3. The number of anilines is 1. The Labute approximate surface area is 166 Å². The molecule has 0 spiro atoms. The second-order valence-electron chi connectivity index (χ2n) is 6.68. The van der Waals surface area contributed by atoms with E-state index in [-0.39, 0.29) is 17.5 Å². The first-order valence-electron chi connectivity index (χ1n) is 9.18. The Morgan fingerprint density at radius 2 is 1.76 bits per heavy atom. The molecule has 8 heteroatoms. The fourth-order valence-electron chi connectivity index (χ4n) is 2.77. The number of benzene rings is 2. The van der Waals surface area contributed by atoms with Crippen LogP contribution in [0.3, 0.4) is 0 Å². The fourth-order valence-corrected chi connectivity index (χ4v) is 2.77. The molecule has 4 rings (SSSR count). The van der Waals surface area contributed by atoms with Crippen LogP contribution in [0.1, 0.15) is 33.6 Å². The van der Waals surface area contributed by atoms with E-state index in [2.05, 4.69) is 20.6 Å². The molecule has 1 aliphatic rings. The van der Waals surface area contributed by atoms with Crippen LogP contribution in [-0.4, -0.2) is 40.4 Å². The van der Waals surface area contributed by atoms with Crippen LogP contribution >= 0.6 is 0 Å². The Morgan fingerprint density at radius 1 is 1.00 bits per heavy atom. The number of carbonyl (C=O) groups excluding carboxylic acids is 3. The van der Waals surface area contributed by atoms with Crippen molar-refractivity contribution in [2.45, 2.75) is 18.9 Å². The van der Waals surface area contributed by atoms with Crippen LogP contribution < -0.4 is 10.6 Å². The van der Waals surface area contributed by atoms with Crippen molar-refractivity contribution in [1.29, 1.82) is 0 Å². The standard InChI is InChI=1S/C21H18N4O4/c26-19(25-16-4-2-1-3-15(16)20(27)24-14-6-7-14)12-29-21(28)13-5-8-17-18(11-13)23-10-9-22-17/h1-5,8-11,14H,6-7,12H2,(H,24,27)(H,25,26). The SMILES string of the molecule is O=C(COC(=O)c1ccc2nccnc2c1)Nc1ccccc1C(=O)NC1CC1. The quantitative estimate of drug-likeness (QED) is 0.625. The molecule has 0 aliphatic heterocycles. The lowest BCUT2D eigenvalue weighted by atomic mass is 10.1. The molecular formula is C21H18N4O4. The van der Waals surface area contributed by atoms with Gasteiger partial charge in [0.1, 0.15) is 0 Å². The van der Waals surface area contributed by atoms with Gasteiger partial charge in [-0.15, -0.1) is 0 Å². The number of aromatic nitrogens is 2. The van der Waals surface area contributed by atoms with Gasteiger partial charge in [0.15, 0.2) is 6.61 Å². The lowest BCUT2D eigenvalue weighted by Crippen LogP contribution is -2.28. The van der Waals surface area contributed by atoms with Crippen LogP contribution in [0.25, 0.3) is 11.0 Å². The number of ether oxygens (including phenoxy) is 1. The van der Waals surface area contributed by atoms with Gasteiger partial charge in [-0.1, -0.05) is 12.1 Å². The number of esters is 1. The Kier molecular flexibility index (Phi) is 5.15. The summed E-state index contributed by atoms with van der Waals surface area (Å²) in [7, 11) is 0. The highest BCUT2D eigenvalue weighted by atomic mass is 16.5. The van der Waals surface area contributed by atoms with Gasteiger partial charge in [-0.3, -0.25) is 19.6 Å². The van der Waals surface area contributed by atoms with Crippen molar-refractivity contribution < 1.29 is 19.1 Å². The van der Waals surface area contributed by atoms with Gasteiger partial charge in [0.05, 0.1) is 27.8 Å². The zero-order valence-corrected chi connectivity index (χ0v) is 15.4. The average molecular weight is 390 g/mol. The number of nitrogens with zero attached hydrogens (tertiary/aromatic N) is 2. The molecular weight excluding hydrogens is 372 g/mol. The maximum Gasteiger partial charge on any atom is 0.338 e. The van der Waals surface area contributed by atoms with E-state index in [1.165, 1.54) is 6.20 Å². The minimum atomic E-state index is -0.646. The van der Waals surface area contributed by atoms with E-state index in [9.17, 15) is 14.4 Å². The largest absolute Gasteiger partial charge is 0.452 e. The van der Waals surface area contributed by atoms with Crippen LogP contribution in [-0.2, 0) is 9.53 Å². The van der Waals surface area contributed by atoms with Crippen molar-refractivity contribution in [2.24, 2.45) is 0 Å². The average Bonchev–Trinajstić information content (AvgIpc) is 3.56. The normalized spacial score (nSPS) is 13.0. The summed E-state index contributed by atoms with van der Waals surface area (Å²) in [5.74, 6) is -1.42. The summed E-state index contributed by atoms with van der Waals surface area (Å²) in [6.45, 7) is -0.476. The summed E-state index contributed by atoms with van der Waals surface area (Å²) >= 11 is 0. The molecule has 0 atom stereocenters. The van der Waals surface area contributed by atoms with E-state index in [4.69, 9.17) is 4.74 Å². The minimum Gasteiger partial charge on any atom is -0.452 e. The number of fused-ring (bicyclic) bond motifs is 1. The van der Waals surface area contributed by atoms with E-state index in [1.54, 1.807) is 48.7 Å². The molecule has 0 bridgehead atoms. The Hall–Kier alpha value is -3.81.